The van der Waals surface area contributed by atoms with Gasteiger partial charge < -0.3 is 15.2 Å². The van der Waals surface area contributed by atoms with Crippen molar-refractivity contribution in [2.75, 3.05) is 24.7 Å². The van der Waals surface area contributed by atoms with E-state index in [1.54, 1.807) is 32.6 Å². The molecule has 0 unspecified atom stereocenters. The van der Waals surface area contributed by atoms with Crippen molar-refractivity contribution in [1.29, 1.82) is 0 Å². The van der Waals surface area contributed by atoms with Crippen molar-refractivity contribution in [3.8, 4) is 0 Å². The fourth-order valence-corrected chi connectivity index (χ4v) is 1.99. The second kappa shape index (κ2) is 6.36. The molecule has 124 valence electrons. The number of urea groups is 1. The number of imidazole rings is 1. The lowest BCUT2D eigenvalue weighted by molar-refractivity contribution is -0.117. The normalized spacial score (nSPS) is 10.6. The molecule has 3 N–H and O–H groups in total. The number of nitrogens with zero attached hydrogens (tertiary/aromatic N) is 5. The van der Waals surface area contributed by atoms with Gasteiger partial charge in [-0.25, -0.2) is 9.78 Å². The summed E-state index contributed by atoms with van der Waals surface area (Å²) in [6.07, 6.45) is 2.97. The summed E-state index contributed by atoms with van der Waals surface area (Å²) < 4.78 is 0. The predicted octanol–water partition coefficient (Wildman–Crippen LogP) is 0.887. The Hall–Kier alpha value is -3.43. The topological polar surface area (TPSA) is 121 Å². The molecule has 0 radical (unpaired) electrons. The molecule has 10 nitrogen and oxygen atoms in total. The van der Waals surface area contributed by atoms with Crippen LogP contribution in [0.15, 0.2) is 30.7 Å². The van der Waals surface area contributed by atoms with E-state index in [4.69, 9.17) is 0 Å². The summed E-state index contributed by atoms with van der Waals surface area (Å²) in [5.74, 6) is -0.00432. The Balaban J connectivity index is 1.60. The van der Waals surface area contributed by atoms with Crippen LogP contribution >= 0.6 is 0 Å². The van der Waals surface area contributed by atoms with Gasteiger partial charge in [-0.2, -0.15) is 9.90 Å². The molecule has 0 atom stereocenters. The van der Waals surface area contributed by atoms with E-state index in [2.05, 4.69) is 30.8 Å². The molecule has 24 heavy (non-hydrogen) atoms. The van der Waals surface area contributed by atoms with E-state index in [9.17, 15) is 9.59 Å². The Morgan fingerprint density at radius 1 is 1.29 bits per heavy atom. The first-order valence-electron chi connectivity index (χ1n) is 7.13. The van der Waals surface area contributed by atoms with Gasteiger partial charge in [0.15, 0.2) is 5.82 Å². The average Bonchev–Trinajstić information content (AvgIpc) is 3.15. The molecule has 0 saturated carbocycles. The maximum Gasteiger partial charge on any atom is 0.322 e. The summed E-state index contributed by atoms with van der Waals surface area (Å²) in [5.41, 5.74) is 2.30. The number of nitrogens with one attached hydrogen (secondary N) is 3. The molecule has 2 aromatic heterocycles. The van der Waals surface area contributed by atoms with Gasteiger partial charge in [0.25, 0.3) is 0 Å². The molecule has 0 aliphatic rings. The van der Waals surface area contributed by atoms with Gasteiger partial charge in [-0.05, 0) is 18.2 Å². The number of carbonyl (C=O) groups is 2. The zero-order valence-electron chi connectivity index (χ0n) is 13.1. The minimum atomic E-state index is -0.320. The predicted molar refractivity (Wildman–Crippen MR) is 87.5 cm³/mol. The monoisotopic (exact) mass is 328 g/mol. The Kier molecular flexibility index (Phi) is 4.10. The summed E-state index contributed by atoms with van der Waals surface area (Å²) in [6.45, 7) is -0.0706. The van der Waals surface area contributed by atoms with Crippen LogP contribution in [0.5, 0.6) is 0 Å². The number of benzene rings is 1. The van der Waals surface area contributed by atoms with Crippen molar-refractivity contribution in [3.05, 3.63) is 30.7 Å². The number of hydrogen-bond donors (Lipinski definition) is 3. The lowest BCUT2D eigenvalue weighted by Gasteiger charge is -2.09. The van der Waals surface area contributed by atoms with Crippen LogP contribution in [0.3, 0.4) is 0 Å². The first-order valence-corrected chi connectivity index (χ1v) is 7.13. The maximum atomic E-state index is 12.1. The number of H-pyrrole nitrogens is 1. The second-order valence-corrected chi connectivity index (χ2v) is 5.27. The highest BCUT2D eigenvalue weighted by atomic mass is 16.2. The van der Waals surface area contributed by atoms with Crippen molar-refractivity contribution in [1.82, 2.24) is 29.9 Å². The largest absolute Gasteiger partial charge is 0.345 e. The molecular formula is C14H16N8O2. The van der Waals surface area contributed by atoms with Gasteiger partial charge in [-0.15, -0.1) is 5.10 Å². The number of amides is 3. The average molecular weight is 328 g/mol. The number of rotatable bonds is 4. The lowest BCUT2D eigenvalue weighted by Crippen LogP contribution is -2.27. The Labute approximate surface area is 136 Å². The molecule has 0 saturated heterocycles. The van der Waals surface area contributed by atoms with Gasteiger partial charge in [-0.3, -0.25) is 10.1 Å². The van der Waals surface area contributed by atoms with E-state index < -0.39 is 0 Å². The van der Waals surface area contributed by atoms with Crippen molar-refractivity contribution >= 4 is 34.5 Å². The van der Waals surface area contributed by atoms with E-state index >= 15 is 0 Å². The molecule has 10 heteroatoms. The Morgan fingerprint density at radius 3 is 2.92 bits per heavy atom. The minimum Gasteiger partial charge on any atom is -0.345 e. The third-order valence-corrected chi connectivity index (χ3v) is 3.17. The van der Waals surface area contributed by atoms with Crippen molar-refractivity contribution in [2.45, 2.75) is 6.54 Å². The summed E-state index contributed by atoms with van der Waals surface area (Å²) >= 11 is 0. The van der Waals surface area contributed by atoms with Gasteiger partial charge in [-0.1, -0.05) is 0 Å². The van der Waals surface area contributed by atoms with Crippen LogP contribution in [0, 0.1) is 0 Å². The van der Waals surface area contributed by atoms with Crippen LogP contribution < -0.4 is 10.6 Å². The summed E-state index contributed by atoms with van der Waals surface area (Å²) in [6, 6.07) is 5.04. The molecule has 3 aromatic rings. The van der Waals surface area contributed by atoms with Gasteiger partial charge in [0.1, 0.15) is 6.54 Å². The van der Waals surface area contributed by atoms with Gasteiger partial charge >= 0.3 is 6.03 Å². The minimum absolute atomic E-state index is 0.0706. The number of anilines is 2. The highest BCUT2D eigenvalue weighted by molar-refractivity contribution is 5.92. The highest BCUT2D eigenvalue weighted by Gasteiger charge is 2.10. The first kappa shape index (κ1) is 15.5. The summed E-state index contributed by atoms with van der Waals surface area (Å²) in [5, 5.41) is 13.3. The molecule has 2 heterocycles. The van der Waals surface area contributed by atoms with Crippen LogP contribution in [-0.2, 0) is 11.3 Å². The van der Waals surface area contributed by atoms with E-state index in [1.165, 1.54) is 15.9 Å². The molecule has 1 aromatic carbocycles. The number of aromatic nitrogens is 5. The number of carbonyl (C=O) groups excluding carboxylic acids is 2. The molecule has 3 amide bonds. The van der Waals surface area contributed by atoms with Crippen LogP contribution in [0.2, 0.25) is 0 Å². The van der Waals surface area contributed by atoms with Crippen molar-refractivity contribution in [2.24, 2.45) is 0 Å². The zero-order chi connectivity index (χ0) is 17.1. The van der Waals surface area contributed by atoms with Crippen LogP contribution in [0.4, 0.5) is 16.3 Å². The number of aromatic amines is 1. The molecular weight excluding hydrogens is 312 g/mol. The highest BCUT2D eigenvalue weighted by Crippen LogP contribution is 2.15. The lowest BCUT2D eigenvalue weighted by atomic mass is 10.3. The van der Waals surface area contributed by atoms with Crippen molar-refractivity contribution in [3.63, 3.8) is 0 Å². The molecule has 3 rings (SSSR count). The molecule has 0 spiro atoms. The molecule has 0 bridgehead atoms. The van der Waals surface area contributed by atoms with Crippen LogP contribution in [0.1, 0.15) is 0 Å². The molecule has 0 fully saturated rings. The first-order chi connectivity index (χ1) is 11.5. The maximum absolute atomic E-state index is 12.1. The van der Waals surface area contributed by atoms with E-state index in [1.807, 2.05) is 6.07 Å². The second-order valence-electron chi connectivity index (χ2n) is 5.27. The van der Waals surface area contributed by atoms with Crippen LogP contribution in [-0.4, -0.2) is 55.9 Å². The standard InChI is InChI=1S/C14H16N8O2/c1-21(2)14(24)19-12-6-17-22(20-12)7-13(23)18-9-3-4-10-11(5-9)16-8-15-10/h3-6,8H,7H2,1-2H3,(H,15,16)(H,18,23)(H,19,20,24). The summed E-state index contributed by atoms with van der Waals surface area (Å²) in [7, 11) is 3.23. The summed E-state index contributed by atoms with van der Waals surface area (Å²) in [4.78, 5) is 33.3. The van der Waals surface area contributed by atoms with Gasteiger partial charge in [0.05, 0.1) is 23.6 Å². The third kappa shape index (κ3) is 3.48. The molecule has 0 aliphatic heterocycles. The Bertz CT molecular complexity index is 882. The van der Waals surface area contributed by atoms with Gasteiger partial charge in [0.2, 0.25) is 5.91 Å². The van der Waals surface area contributed by atoms with E-state index in [0.717, 1.165) is 11.0 Å². The zero-order valence-corrected chi connectivity index (χ0v) is 13.1. The van der Waals surface area contributed by atoms with Gasteiger partial charge in [0, 0.05) is 19.8 Å². The quantitative estimate of drug-likeness (QED) is 0.656. The molecule has 0 aliphatic carbocycles. The van der Waals surface area contributed by atoms with E-state index in [0.29, 0.717) is 5.69 Å². The fourth-order valence-electron chi connectivity index (χ4n) is 1.99. The SMILES string of the molecule is CN(C)C(=O)Nc1cnn(CC(=O)Nc2ccc3nc[nH]c3c2)n1. The smallest absolute Gasteiger partial charge is 0.322 e. The number of hydrogen-bond acceptors (Lipinski definition) is 5. The van der Waals surface area contributed by atoms with Crippen molar-refractivity contribution < 1.29 is 9.59 Å². The number of fused-ring (bicyclic) bond motifs is 1. The Morgan fingerprint density at radius 2 is 2.12 bits per heavy atom. The van der Waals surface area contributed by atoms with E-state index in [-0.39, 0.29) is 24.3 Å². The third-order valence-electron chi connectivity index (χ3n) is 3.17. The fraction of sp³-hybridized carbons (Fsp3) is 0.214. The van der Waals surface area contributed by atoms with Crippen LogP contribution in [0.25, 0.3) is 11.0 Å².